The number of carbonyl (C=O) groups is 1. The van der Waals surface area contributed by atoms with Crippen molar-refractivity contribution in [3.05, 3.63) is 40.9 Å². The maximum absolute atomic E-state index is 12.0. The smallest absolute Gasteiger partial charge is 0.261 e. The molecule has 0 bridgehead atoms. The summed E-state index contributed by atoms with van der Waals surface area (Å²) >= 11 is 5.88. The SMILES string of the molecule is CC(Oc1cccc(Cl)c1)C(=O)NCC1=CCNCC1. The Balaban J connectivity index is 1.81. The van der Waals surface area contributed by atoms with E-state index < -0.39 is 6.10 Å². The zero-order chi connectivity index (χ0) is 14.4. The van der Waals surface area contributed by atoms with E-state index in [0.717, 1.165) is 19.5 Å². The van der Waals surface area contributed by atoms with Gasteiger partial charge in [-0.2, -0.15) is 0 Å². The average Bonchev–Trinajstić information content (AvgIpc) is 2.46. The highest BCUT2D eigenvalue weighted by atomic mass is 35.5. The molecule has 108 valence electrons. The van der Waals surface area contributed by atoms with E-state index in [1.54, 1.807) is 31.2 Å². The van der Waals surface area contributed by atoms with Crippen LogP contribution in [0.4, 0.5) is 0 Å². The first-order valence-corrected chi connectivity index (χ1v) is 7.11. The second-order valence-electron chi connectivity index (χ2n) is 4.75. The van der Waals surface area contributed by atoms with Crippen molar-refractivity contribution >= 4 is 17.5 Å². The summed E-state index contributed by atoms with van der Waals surface area (Å²) in [5.74, 6) is 0.477. The Bertz CT molecular complexity index is 502. The van der Waals surface area contributed by atoms with Gasteiger partial charge in [0.15, 0.2) is 6.10 Å². The van der Waals surface area contributed by atoms with Gasteiger partial charge in [-0.1, -0.05) is 29.3 Å². The molecule has 5 heteroatoms. The first-order valence-electron chi connectivity index (χ1n) is 6.74. The van der Waals surface area contributed by atoms with Crippen molar-refractivity contribution in [2.45, 2.75) is 19.4 Å². The Morgan fingerprint density at radius 3 is 3.10 bits per heavy atom. The fraction of sp³-hybridized carbons (Fsp3) is 0.400. The number of amides is 1. The van der Waals surface area contributed by atoms with E-state index in [0.29, 0.717) is 17.3 Å². The minimum atomic E-state index is -0.546. The Labute approximate surface area is 124 Å². The lowest BCUT2D eigenvalue weighted by atomic mass is 10.1. The monoisotopic (exact) mass is 294 g/mol. The third-order valence-electron chi connectivity index (χ3n) is 3.13. The first kappa shape index (κ1) is 14.9. The van der Waals surface area contributed by atoms with Gasteiger partial charge < -0.3 is 15.4 Å². The van der Waals surface area contributed by atoms with Crippen LogP contribution >= 0.6 is 11.6 Å². The van der Waals surface area contributed by atoms with Gasteiger partial charge >= 0.3 is 0 Å². The van der Waals surface area contributed by atoms with Crippen molar-refractivity contribution < 1.29 is 9.53 Å². The number of carbonyl (C=O) groups excluding carboxylic acids is 1. The van der Waals surface area contributed by atoms with E-state index in [4.69, 9.17) is 16.3 Å². The van der Waals surface area contributed by atoms with E-state index in [1.807, 2.05) is 0 Å². The van der Waals surface area contributed by atoms with Crippen LogP contribution in [0.25, 0.3) is 0 Å². The van der Waals surface area contributed by atoms with Crippen LogP contribution in [-0.4, -0.2) is 31.6 Å². The molecule has 0 saturated carbocycles. The molecular formula is C15H19ClN2O2. The van der Waals surface area contributed by atoms with Crippen molar-refractivity contribution in [2.24, 2.45) is 0 Å². The summed E-state index contributed by atoms with van der Waals surface area (Å²) in [5, 5.41) is 6.72. The molecule has 1 amide bonds. The molecule has 1 aromatic carbocycles. The van der Waals surface area contributed by atoms with Gasteiger partial charge in [0, 0.05) is 18.1 Å². The van der Waals surface area contributed by atoms with E-state index in [9.17, 15) is 4.79 Å². The summed E-state index contributed by atoms with van der Waals surface area (Å²) < 4.78 is 5.57. The molecule has 1 atom stereocenters. The minimum Gasteiger partial charge on any atom is -0.481 e. The molecule has 2 N–H and O–H groups in total. The zero-order valence-corrected chi connectivity index (χ0v) is 12.2. The van der Waals surface area contributed by atoms with Crippen molar-refractivity contribution in [3.63, 3.8) is 0 Å². The summed E-state index contributed by atoms with van der Waals surface area (Å²) in [5.41, 5.74) is 1.26. The Morgan fingerprint density at radius 2 is 2.40 bits per heavy atom. The molecule has 1 unspecified atom stereocenters. The highest BCUT2D eigenvalue weighted by Gasteiger charge is 2.15. The van der Waals surface area contributed by atoms with Crippen LogP contribution in [0.2, 0.25) is 5.02 Å². The summed E-state index contributed by atoms with van der Waals surface area (Å²) in [6.45, 7) is 4.16. The molecule has 1 aromatic rings. The lowest BCUT2D eigenvalue weighted by Crippen LogP contribution is -2.38. The van der Waals surface area contributed by atoms with Crippen LogP contribution in [0.15, 0.2) is 35.9 Å². The largest absolute Gasteiger partial charge is 0.481 e. The van der Waals surface area contributed by atoms with Gasteiger partial charge in [-0.05, 0) is 38.1 Å². The molecule has 0 radical (unpaired) electrons. The number of rotatable bonds is 5. The van der Waals surface area contributed by atoms with Crippen molar-refractivity contribution in [1.29, 1.82) is 0 Å². The van der Waals surface area contributed by atoms with E-state index in [-0.39, 0.29) is 5.91 Å². The number of hydrogen-bond donors (Lipinski definition) is 2. The Kier molecular flexibility index (Phi) is 5.44. The summed E-state index contributed by atoms with van der Waals surface area (Å²) in [4.78, 5) is 12.0. The lowest BCUT2D eigenvalue weighted by Gasteiger charge is -2.17. The minimum absolute atomic E-state index is 0.121. The maximum atomic E-state index is 12.0. The molecule has 0 spiro atoms. The molecule has 0 saturated heterocycles. The number of ether oxygens (including phenoxy) is 1. The van der Waals surface area contributed by atoms with Gasteiger partial charge in [0.05, 0.1) is 0 Å². The summed E-state index contributed by atoms with van der Waals surface area (Å²) in [7, 11) is 0. The third kappa shape index (κ3) is 4.54. The zero-order valence-electron chi connectivity index (χ0n) is 11.5. The number of nitrogens with one attached hydrogen (secondary N) is 2. The average molecular weight is 295 g/mol. The second-order valence-corrected chi connectivity index (χ2v) is 5.19. The van der Waals surface area contributed by atoms with Crippen LogP contribution in [0.5, 0.6) is 5.75 Å². The van der Waals surface area contributed by atoms with E-state index in [1.165, 1.54) is 5.57 Å². The van der Waals surface area contributed by atoms with Gasteiger partial charge in [0.25, 0.3) is 5.91 Å². The van der Waals surface area contributed by atoms with Crippen LogP contribution in [0.1, 0.15) is 13.3 Å². The second kappa shape index (κ2) is 7.31. The molecular weight excluding hydrogens is 276 g/mol. The Morgan fingerprint density at radius 1 is 1.55 bits per heavy atom. The number of hydrogen-bond acceptors (Lipinski definition) is 3. The highest BCUT2D eigenvalue weighted by molar-refractivity contribution is 6.30. The standard InChI is InChI=1S/C15H19ClN2O2/c1-11(20-14-4-2-3-13(16)9-14)15(19)18-10-12-5-7-17-8-6-12/h2-5,9,11,17H,6-8,10H2,1H3,(H,18,19). The van der Waals surface area contributed by atoms with Crippen LogP contribution in [-0.2, 0) is 4.79 Å². The molecule has 20 heavy (non-hydrogen) atoms. The predicted molar refractivity (Wildman–Crippen MR) is 80.1 cm³/mol. The van der Waals surface area contributed by atoms with E-state index in [2.05, 4.69) is 16.7 Å². The maximum Gasteiger partial charge on any atom is 0.261 e. The topological polar surface area (TPSA) is 50.4 Å². The summed E-state index contributed by atoms with van der Waals surface area (Å²) in [6, 6.07) is 7.04. The van der Waals surface area contributed by atoms with Crippen molar-refractivity contribution in [3.8, 4) is 5.75 Å². The fourth-order valence-corrected chi connectivity index (χ4v) is 2.15. The lowest BCUT2D eigenvalue weighted by molar-refractivity contribution is -0.127. The van der Waals surface area contributed by atoms with Gasteiger partial charge in [-0.3, -0.25) is 4.79 Å². The van der Waals surface area contributed by atoms with Gasteiger partial charge in [0.2, 0.25) is 0 Å². The van der Waals surface area contributed by atoms with Crippen LogP contribution in [0.3, 0.4) is 0 Å². The molecule has 1 aliphatic rings. The predicted octanol–water partition coefficient (Wildman–Crippen LogP) is 2.14. The molecule has 0 aliphatic carbocycles. The van der Waals surface area contributed by atoms with Gasteiger partial charge in [-0.15, -0.1) is 0 Å². The van der Waals surface area contributed by atoms with Crippen molar-refractivity contribution in [2.75, 3.05) is 19.6 Å². The normalized spacial score (nSPS) is 16.2. The Hall–Kier alpha value is -1.52. The quantitative estimate of drug-likeness (QED) is 0.818. The molecule has 0 fully saturated rings. The molecule has 1 heterocycles. The van der Waals surface area contributed by atoms with Gasteiger partial charge in [0.1, 0.15) is 5.75 Å². The number of halogens is 1. The summed E-state index contributed by atoms with van der Waals surface area (Å²) in [6.07, 6.45) is 2.55. The molecule has 2 rings (SSSR count). The third-order valence-corrected chi connectivity index (χ3v) is 3.36. The first-order chi connectivity index (χ1) is 9.65. The highest BCUT2D eigenvalue weighted by Crippen LogP contribution is 2.18. The molecule has 4 nitrogen and oxygen atoms in total. The molecule has 1 aliphatic heterocycles. The fourth-order valence-electron chi connectivity index (χ4n) is 1.97. The van der Waals surface area contributed by atoms with Crippen LogP contribution in [0, 0.1) is 0 Å². The van der Waals surface area contributed by atoms with Crippen LogP contribution < -0.4 is 15.4 Å². The molecule has 0 aromatic heterocycles. The van der Waals surface area contributed by atoms with Crippen molar-refractivity contribution in [1.82, 2.24) is 10.6 Å². The van der Waals surface area contributed by atoms with Gasteiger partial charge in [-0.25, -0.2) is 0 Å². The van der Waals surface area contributed by atoms with E-state index >= 15 is 0 Å². The number of benzene rings is 1.